The van der Waals surface area contributed by atoms with Crippen molar-refractivity contribution in [2.45, 2.75) is 19.4 Å². The largest absolute Gasteiger partial charge is 0.491 e. The van der Waals surface area contributed by atoms with Gasteiger partial charge in [0.15, 0.2) is 5.96 Å². The number of aliphatic hydroxyl groups excluding tert-OH is 1. The van der Waals surface area contributed by atoms with Gasteiger partial charge in [-0.05, 0) is 49.2 Å². The molecule has 0 aliphatic heterocycles. The zero-order chi connectivity index (χ0) is 21.9. The first-order chi connectivity index (χ1) is 14.4. The molecule has 8 nitrogen and oxygen atoms in total. The second-order valence-electron chi connectivity index (χ2n) is 6.35. The second kappa shape index (κ2) is 11.7. The number of non-ortho nitro benzene ring substituents is 1. The molecule has 0 fully saturated rings. The number of nitro benzene ring substituents is 1. The Morgan fingerprint density at radius 2 is 1.97 bits per heavy atom. The average Bonchev–Trinajstić information content (AvgIpc) is 2.73. The van der Waals surface area contributed by atoms with Gasteiger partial charge in [0.2, 0.25) is 0 Å². The Morgan fingerprint density at radius 3 is 2.63 bits per heavy atom. The van der Waals surface area contributed by atoms with E-state index in [1.165, 1.54) is 24.3 Å². The molecule has 162 valence electrons. The van der Waals surface area contributed by atoms with Gasteiger partial charge in [-0.25, -0.2) is 8.78 Å². The SMILES string of the molecule is CCNC(=NCC(O)COc1ccc([N+](=O)[O-])cc1)NCCc1cc(F)ccc1F. The molecule has 0 saturated carbocycles. The van der Waals surface area contributed by atoms with Crippen molar-refractivity contribution in [1.29, 1.82) is 0 Å². The van der Waals surface area contributed by atoms with Crippen LogP contribution in [-0.2, 0) is 6.42 Å². The van der Waals surface area contributed by atoms with Crippen molar-refractivity contribution in [2.24, 2.45) is 4.99 Å². The van der Waals surface area contributed by atoms with Gasteiger partial charge in [-0.1, -0.05) is 0 Å². The van der Waals surface area contributed by atoms with E-state index >= 15 is 0 Å². The number of benzene rings is 2. The molecule has 2 aromatic carbocycles. The number of nitrogens with one attached hydrogen (secondary N) is 2. The second-order valence-corrected chi connectivity index (χ2v) is 6.35. The number of nitro groups is 1. The smallest absolute Gasteiger partial charge is 0.269 e. The molecule has 10 heteroatoms. The lowest BCUT2D eigenvalue weighted by atomic mass is 10.1. The maximum Gasteiger partial charge on any atom is 0.269 e. The molecular formula is C20H24F2N4O4. The molecule has 3 N–H and O–H groups in total. The van der Waals surface area contributed by atoms with Crippen LogP contribution in [0.15, 0.2) is 47.5 Å². The first-order valence-corrected chi connectivity index (χ1v) is 9.40. The van der Waals surface area contributed by atoms with Gasteiger partial charge in [-0.3, -0.25) is 15.1 Å². The van der Waals surface area contributed by atoms with Crippen LogP contribution in [0.3, 0.4) is 0 Å². The molecule has 0 aromatic heterocycles. The van der Waals surface area contributed by atoms with Crippen LogP contribution in [0.1, 0.15) is 12.5 Å². The zero-order valence-corrected chi connectivity index (χ0v) is 16.5. The van der Waals surface area contributed by atoms with E-state index in [9.17, 15) is 24.0 Å². The highest BCUT2D eigenvalue weighted by atomic mass is 19.1. The van der Waals surface area contributed by atoms with Gasteiger partial charge in [-0.15, -0.1) is 0 Å². The topological polar surface area (TPSA) is 109 Å². The number of nitrogens with zero attached hydrogens (tertiary/aromatic N) is 2. The summed E-state index contributed by atoms with van der Waals surface area (Å²) in [5, 5.41) is 26.7. The lowest BCUT2D eigenvalue weighted by molar-refractivity contribution is -0.384. The first kappa shape index (κ1) is 23.0. The highest BCUT2D eigenvalue weighted by Gasteiger charge is 2.09. The number of ether oxygens (including phenoxy) is 1. The number of rotatable bonds is 10. The third-order valence-corrected chi connectivity index (χ3v) is 3.99. The fraction of sp³-hybridized carbons (Fsp3) is 0.350. The van der Waals surface area contributed by atoms with Crippen LogP contribution >= 0.6 is 0 Å². The standard InChI is InChI=1S/C20H24F2N4O4/c1-2-23-20(24-10-9-14-11-15(21)3-8-19(14)22)25-12-17(27)13-30-18-6-4-16(5-7-18)26(28)29/h3-8,11,17,27H,2,9-10,12-13H2,1H3,(H2,23,24,25). The van der Waals surface area contributed by atoms with Crippen molar-refractivity contribution in [1.82, 2.24) is 10.6 Å². The van der Waals surface area contributed by atoms with Crippen LogP contribution < -0.4 is 15.4 Å². The van der Waals surface area contributed by atoms with Crippen molar-refractivity contribution >= 4 is 11.6 Å². The summed E-state index contributed by atoms with van der Waals surface area (Å²) in [5.41, 5.74) is 0.210. The van der Waals surface area contributed by atoms with Gasteiger partial charge in [0.1, 0.15) is 30.1 Å². The molecule has 0 aliphatic carbocycles. The molecule has 2 aromatic rings. The van der Waals surface area contributed by atoms with Crippen LogP contribution in [0.2, 0.25) is 0 Å². The van der Waals surface area contributed by atoms with E-state index in [-0.39, 0.29) is 30.8 Å². The third-order valence-electron chi connectivity index (χ3n) is 3.99. The Balaban J connectivity index is 1.80. The van der Waals surface area contributed by atoms with Gasteiger partial charge >= 0.3 is 0 Å². The average molecular weight is 422 g/mol. The Hall–Kier alpha value is -3.27. The minimum atomic E-state index is -0.906. The molecule has 0 bridgehead atoms. The van der Waals surface area contributed by atoms with Crippen LogP contribution in [0.4, 0.5) is 14.5 Å². The lowest BCUT2D eigenvalue weighted by Crippen LogP contribution is -2.39. The molecule has 30 heavy (non-hydrogen) atoms. The normalized spacial score (nSPS) is 12.3. The highest BCUT2D eigenvalue weighted by Crippen LogP contribution is 2.17. The molecule has 0 heterocycles. The van der Waals surface area contributed by atoms with Gasteiger partial charge < -0.3 is 20.5 Å². The lowest BCUT2D eigenvalue weighted by Gasteiger charge is -2.14. The van der Waals surface area contributed by atoms with Crippen LogP contribution in [-0.4, -0.2) is 48.3 Å². The molecule has 1 atom stereocenters. The number of aliphatic imine (C=N–C) groups is 1. The monoisotopic (exact) mass is 422 g/mol. The quantitative estimate of drug-likeness (QED) is 0.235. The predicted molar refractivity (Wildman–Crippen MR) is 109 cm³/mol. The van der Waals surface area contributed by atoms with Gasteiger partial charge in [-0.2, -0.15) is 0 Å². The maximum absolute atomic E-state index is 13.7. The predicted octanol–water partition coefficient (Wildman–Crippen LogP) is 2.41. The zero-order valence-electron chi connectivity index (χ0n) is 16.5. The molecule has 0 saturated heterocycles. The Morgan fingerprint density at radius 1 is 1.23 bits per heavy atom. The number of hydrogen-bond acceptors (Lipinski definition) is 5. The van der Waals surface area contributed by atoms with E-state index < -0.39 is 22.7 Å². The summed E-state index contributed by atoms with van der Waals surface area (Å²) >= 11 is 0. The molecule has 0 spiro atoms. The van der Waals surface area contributed by atoms with E-state index in [4.69, 9.17) is 4.74 Å². The van der Waals surface area contributed by atoms with Crippen molar-refractivity contribution in [3.8, 4) is 5.75 Å². The molecule has 0 aliphatic rings. The summed E-state index contributed by atoms with van der Waals surface area (Å²) in [6.45, 7) is 2.76. The van der Waals surface area contributed by atoms with E-state index in [1.54, 1.807) is 0 Å². The van der Waals surface area contributed by atoms with Crippen molar-refractivity contribution < 1.29 is 23.5 Å². The molecule has 2 rings (SSSR count). The van der Waals surface area contributed by atoms with E-state index in [0.717, 1.165) is 18.2 Å². The van der Waals surface area contributed by atoms with E-state index in [2.05, 4.69) is 15.6 Å². The Labute approximate surface area is 172 Å². The molecular weight excluding hydrogens is 398 g/mol. The summed E-state index contributed by atoms with van der Waals surface area (Å²) in [6.07, 6.45) is -0.642. The number of guanidine groups is 1. The minimum Gasteiger partial charge on any atom is -0.491 e. The van der Waals surface area contributed by atoms with Crippen LogP contribution in [0.5, 0.6) is 5.75 Å². The summed E-state index contributed by atoms with van der Waals surface area (Å²) in [7, 11) is 0. The molecule has 0 amide bonds. The summed E-state index contributed by atoms with van der Waals surface area (Å²) in [5.74, 6) is -0.156. The van der Waals surface area contributed by atoms with Crippen LogP contribution in [0.25, 0.3) is 0 Å². The fourth-order valence-corrected chi connectivity index (χ4v) is 2.50. The van der Waals surface area contributed by atoms with Crippen molar-refractivity contribution in [2.75, 3.05) is 26.2 Å². The third kappa shape index (κ3) is 7.63. The van der Waals surface area contributed by atoms with E-state index in [0.29, 0.717) is 24.8 Å². The number of halogens is 2. The molecule has 0 radical (unpaired) electrons. The fourth-order valence-electron chi connectivity index (χ4n) is 2.50. The van der Waals surface area contributed by atoms with Crippen molar-refractivity contribution in [3.63, 3.8) is 0 Å². The van der Waals surface area contributed by atoms with E-state index in [1.807, 2.05) is 6.92 Å². The summed E-state index contributed by atoms with van der Waals surface area (Å²) in [6, 6.07) is 8.84. The number of aliphatic hydroxyl groups is 1. The van der Waals surface area contributed by atoms with Gasteiger partial charge in [0.05, 0.1) is 11.5 Å². The summed E-state index contributed by atoms with van der Waals surface area (Å²) in [4.78, 5) is 14.4. The first-order valence-electron chi connectivity index (χ1n) is 9.40. The van der Waals surface area contributed by atoms with Crippen molar-refractivity contribution in [3.05, 3.63) is 69.8 Å². The highest BCUT2D eigenvalue weighted by molar-refractivity contribution is 5.79. The minimum absolute atomic E-state index is 0.0383. The summed E-state index contributed by atoms with van der Waals surface area (Å²) < 4.78 is 32.3. The van der Waals surface area contributed by atoms with Gasteiger partial charge in [0, 0.05) is 25.2 Å². The maximum atomic E-state index is 13.7. The van der Waals surface area contributed by atoms with Gasteiger partial charge in [0.25, 0.3) is 5.69 Å². The Kier molecular flexibility index (Phi) is 8.95. The molecule has 1 unspecified atom stereocenters. The number of hydrogen-bond donors (Lipinski definition) is 3. The van der Waals surface area contributed by atoms with Crippen LogP contribution in [0, 0.1) is 21.7 Å². The Bertz CT molecular complexity index is 862.